The first-order valence-corrected chi connectivity index (χ1v) is 13.4. The Morgan fingerprint density at radius 1 is 1.08 bits per heavy atom. The highest BCUT2D eigenvalue weighted by Gasteiger charge is 2.32. The quantitative estimate of drug-likeness (QED) is 0.345. The summed E-state index contributed by atoms with van der Waals surface area (Å²) in [6, 6.07) is 11.5. The van der Waals surface area contributed by atoms with Gasteiger partial charge in [0.25, 0.3) is 0 Å². The lowest BCUT2D eigenvalue weighted by Crippen LogP contribution is -2.50. The van der Waals surface area contributed by atoms with E-state index in [9.17, 15) is 4.79 Å². The normalized spacial score (nSPS) is 17.8. The van der Waals surface area contributed by atoms with Gasteiger partial charge >= 0.3 is 5.63 Å². The second kappa shape index (κ2) is 11.0. The molecule has 0 radical (unpaired) electrons. The molecule has 0 spiro atoms. The van der Waals surface area contributed by atoms with Crippen LogP contribution in [0.4, 0.5) is 0 Å². The van der Waals surface area contributed by atoms with Crippen LogP contribution in [0.5, 0.6) is 17.2 Å². The van der Waals surface area contributed by atoms with Gasteiger partial charge < -0.3 is 28.8 Å². The number of methoxy groups -OCH3 is 2. The zero-order valence-electron chi connectivity index (χ0n) is 21.7. The fourth-order valence-electron chi connectivity index (χ4n) is 5.53. The van der Waals surface area contributed by atoms with Gasteiger partial charge in [0.2, 0.25) is 0 Å². The summed E-state index contributed by atoms with van der Waals surface area (Å²) in [4.78, 5) is 14.1. The summed E-state index contributed by atoms with van der Waals surface area (Å²) in [7, 11) is 3.31. The Kier molecular flexibility index (Phi) is 7.55. The maximum atomic E-state index is 11.9. The molecule has 8 heteroatoms. The molecule has 7 nitrogen and oxygen atoms in total. The topological polar surface area (TPSA) is 73.2 Å². The number of fused-ring (bicyclic) bond motifs is 2. The number of thiocarbonyl (C=S) groups is 1. The predicted octanol–water partition coefficient (Wildman–Crippen LogP) is 5.30. The Morgan fingerprint density at radius 3 is 2.59 bits per heavy atom. The number of ether oxygens (including phenoxy) is 3. The van der Waals surface area contributed by atoms with Crippen LogP contribution in [0.15, 0.2) is 45.6 Å². The molecule has 1 saturated carbocycles. The highest BCUT2D eigenvalue weighted by molar-refractivity contribution is 7.80. The van der Waals surface area contributed by atoms with Crippen LogP contribution in [0.25, 0.3) is 11.0 Å². The van der Waals surface area contributed by atoms with Gasteiger partial charge in [-0.3, -0.25) is 0 Å². The van der Waals surface area contributed by atoms with E-state index in [1.54, 1.807) is 20.3 Å². The number of aryl methyl sites for hydroxylation is 1. The van der Waals surface area contributed by atoms with Gasteiger partial charge in [0.15, 0.2) is 16.6 Å². The highest BCUT2D eigenvalue weighted by atomic mass is 32.1. The third-order valence-electron chi connectivity index (χ3n) is 7.53. The van der Waals surface area contributed by atoms with Crippen molar-refractivity contribution < 1.29 is 18.6 Å². The molecule has 1 aliphatic heterocycles. The Morgan fingerprint density at radius 2 is 1.84 bits per heavy atom. The monoisotopic (exact) mass is 522 g/mol. The molecule has 0 amide bonds. The van der Waals surface area contributed by atoms with Gasteiger partial charge in [-0.25, -0.2) is 4.79 Å². The summed E-state index contributed by atoms with van der Waals surface area (Å²) >= 11 is 5.95. The van der Waals surface area contributed by atoms with Crippen LogP contribution in [0.3, 0.4) is 0 Å². The van der Waals surface area contributed by atoms with E-state index < -0.39 is 0 Å². The van der Waals surface area contributed by atoms with Gasteiger partial charge in [-0.2, -0.15) is 0 Å². The summed E-state index contributed by atoms with van der Waals surface area (Å²) in [6.07, 6.45) is 6.93. The molecule has 1 aliphatic carbocycles. The number of nitrogens with one attached hydrogen (secondary N) is 1. The standard InChI is InChI=1S/C29H34N2O5S/c1-18-13-28(32)36-25-15-21(9-10-22(18)25)35-17-24-23-16-27(34-3)26(33-2)14-19(23)11-12-31(24)29(37)30-20-7-5-4-6-8-20/h9-10,13-16,20,24H,4-8,11-12,17H2,1-3H3,(H,30,37)/t24-/m1/s1. The zero-order valence-corrected chi connectivity index (χ0v) is 22.5. The first-order valence-electron chi connectivity index (χ1n) is 13.0. The van der Waals surface area contributed by atoms with E-state index >= 15 is 0 Å². The van der Waals surface area contributed by atoms with Crippen molar-refractivity contribution in [2.45, 2.75) is 57.5 Å². The zero-order chi connectivity index (χ0) is 25.9. The molecule has 1 fully saturated rings. The largest absolute Gasteiger partial charge is 0.493 e. The van der Waals surface area contributed by atoms with Crippen LogP contribution in [0.1, 0.15) is 54.8 Å². The van der Waals surface area contributed by atoms with Crippen LogP contribution in [0.2, 0.25) is 0 Å². The third kappa shape index (κ3) is 5.39. The number of nitrogens with zero attached hydrogens (tertiary/aromatic N) is 1. The van der Waals surface area contributed by atoms with Crippen LogP contribution in [-0.4, -0.2) is 43.4 Å². The molecule has 196 valence electrons. The lowest BCUT2D eigenvalue weighted by molar-refractivity contribution is 0.185. The van der Waals surface area contributed by atoms with Crippen molar-refractivity contribution >= 4 is 28.3 Å². The first-order chi connectivity index (χ1) is 18.0. The van der Waals surface area contributed by atoms with E-state index in [4.69, 9.17) is 30.8 Å². The molecule has 2 aromatic carbocycles. The molecule has 0 bridgehead atoms. The second-order valence-corrected chi connectivity index (χ2v) is 10.3. The SMILES string of the molecule is COc1cc2c(cc1OC)[C@@H](COc1ccc3c(C)cc(=O)oc3c1)N(C(=S)NC1CCCCC1)CC2. The lowest BCUT2D eigenvalue weighted by atomic mass is 9.92. The molecular formula is C29H34N2O5S. The van der Waals surface area contributed by atoms with Crippen LogP contribution in [-0.2, 0) is 6.42 Å². The average molecular weight is 523 g/mol. The van der Waals surface area contributed by atoms with Crippen LogP contribution >= 0.6 is 12.2 Å². The molecule has 2 heterocycles. The summed E-state index contributed by atoms with van der Waals surface area (Å²) in [5.41, 5.74) is 3.34. The third-order valence-corrected chi connectivity index (χ3v) is 7.88. The Balaban J connectivity index is 1.44. The molecule has 37 heavy (non-hydrogen) atoms. The van der Waals surface area contributed by atoms with E-state index in [1.807, 2.05) is 25.1 Å². The minimum Gasteiger partial charge on any atom is -0.493 e. The fourth-order valence-corrected chi connectivity index (χ4v) is 5.91. The molecule has 0 saturated heterocycles. The number of hydrogen-bond donors (Lipinski definition) is 1. The van der Waals surface area contributed by atoms with Gasteiger partial charge in [0.1, 0.15) is 17.9 Å². The predicted molar refractivity (Wildman–Crippen MR) is 148 cm³/mol. The van der Waals surface area contributed by atoms with Crippen molar-refractivity contribution in [3.63, 3.8) is 0 Å². The number of rotatable bonds is 6. The van der Waals surface area contributed by atoms with E-state index in [2.05, 4.69) is 16.3 Å². The second-order valence-electron chi connectivity index (χ2n) is 9.87. The smallest absolute Gasteiger partial charge is 0.336 e. The highest BCUT2D eigenvalue weighted by Crippen LogP contribution is 2.39. The molecule has 1 atom stereocenters. The lowest BCUT2D eigenvalue weighted by Gasteiger charge is -2.40. The number of benzene rings is 2. The maximum absolute atomic E-state index is 11.9. The molecule has 1 aromatic heterocycles. The van der Waals surface area contributed by atoms with Gasteiger partial charge in [0, 0.05) is 30.1 Å². The Hall–Kier alpha value is -3.26. The average Bonchev–Trinajstić information content (AvgIpc) is 2.90. The molecule has 5 rings (SSSR count). The Labute approximate surface area is 222 Å². The van der Waals surface area contributed by atoms with Crippen LogP contribution in [0, 0.1) is 6.92 Å². The molecule has 0 unspecified atom stereocenters. The fraction of sp³-hybridized carbons (Fsp3) is 0.448. The van der Waals surface area contributed by atoms with Crippen molar-refractivity contribution in [1.29, 1.82) is 0 Å². The number of hydrogen-bond acceptors (Lipinski definition) is 6. The Bertz CT molecular complexity index is 1350. The van der Waals surface area contributed by atoms with Gasteiger partial charge in [-0.1, -0.05) is 19.3 Å². The van der Waals surface area contributed by atoms with Crippen molar-refractivity contribution in [1.82, 2.24) is 10.2 Å². The van der Waals surface area contributed by atoms with Gasteiger partial charge in [-0.05, 0) is 79.4 Å². The van der Waals surface area contributed by atoms with Gasteiger partial charge in [-0.15, -0.1) is 0 Å². The minimum absolute atomic E-state index is 0.118. The molecule has 3 aromatic rings. The summed E-state index contributed by atoms with van der Waals surface area (Å²) in [5, 5.41) is 5.29. The maximum Gasteiger partial charge on any atom is 0.336 e. The summed E-state index contributed by atoms with van der Waals surface area (Å²) in [5.74, 6) is 2.04. The molecular weight excluding hydrogens is 488 g/mol. The summed E-state index contributed by atoms with van der Waals surface area (Å²) in [6.45, 7) is 3.05. The molecule has 2 aliphatic rings. The minimum atomic E-state index is -0.366. The van der Waals surface area contributed by atoms with E-state index in [0.29, 0.717) is 29.7 Å². The van der Waals surface area contributed by atoms with Crippen LogP contribution < -0.4 is 25.2 Å². The molecule has 1 N–H and O–H groups in total. The van der Waals surface area contributed by atoms with E-state index in [0.717, 1.165) is 53.2 Å². The van der Waals surface area contributed by atoms with Crippen molar-refractivity contribution in [3.8, 4) is 17.2 Å². The van der Waals surface area contributed by atoms with E-state index in [1.165, 1.54) is 30.9 Å². The van der Waals surface area contributed by atoms with Crippen molar-refractivity contribution in [2.75, 3.05) is 27.4 Å². The van der Waals surface area contributed by atoms with Crippen molar-refractivity contribution in [3.05, 3.63) is 63.5 Å². The first kappa shape index (κ1) is 25.4. The summed E-state index contributed by atoms with van der Waals surface area (Å²) < 4.78 is 22.9. The van der Waals surface area contributed by atoms with Gasteiger partial charge in [0.05, 0.1) is 20.3 Å². The van der Waals surface area contributed by atoms with Crippen molar-refractivity contribution in [2.24, 2.45) is 0 Å². The van der Waals surface area contributed by atoms with E-state index in [-0.39, 0.29) is 11.7 Å².